The Morgan fingerprint density at radius 1 is 1.41 bits per heavy atom. The minimum atomic E-state index is -0.343. The molecule has 1 aromatic carbocycles. The van der Waals surface area contributed by atoms with Crippen LogP contribution in [0.15, 0.2) is 24.4 Å². The van der Waals surface area contributed by atoms with Crippen molar-refractivity contribution in [1.82, 2.24) is 30.9 Å². The smallest absolute Gasteiger partial charge is 0.251 e. The lowest BCUT2D eigenvalue weighted by Crippen LogP contribution is -2.38. The van der Waals surface area contributed by atoms with Gasteiger partial charge in [0, 0.05) is 19.2 Å². The van der Waals surface area contributed by atoms with Gasteiger partial charge in [-0.25, -0.2) is 9.07 Å². The van der Waals surface area contributed by atoms with Crippen LogP contribution in [-0.2, 0) is 11.3 Å². The molecule has 0 spiro atoms. The van der Waals surface area contributed by atoms with Crippen molar-refractivity contribution < 1.29 is 14.0 Å². The standard InChI is InChI=1S/C17H21FN6O2.ClH/c1-10-5-11(3-4-14(10)18)16(25)21-7-12-9-24(23-22-12)13-6-15(20-8-13)17(26)19-2;/h3-5,9,13,15,20H,6-8H2,1-2H3,(H,19,26)(H,21,25);1H/t13-,15-;/m0./s1. The lowest BCUT2D eigenvalue weighted by atomic mass is 10.1. The molecule has 1 aromatic heterocycles. The molecule has 2 amide bonds. The first kappa shape index (κ1) is 20.8. The highest BCUT2D eigenvalue weighted by Gasteiger charge is 2.30. The van der Waals surface area contributed by atoms with Gasteiger partial charge in [-0.15, -0.1) is 17.5 Å². The average Bonchev–Trinajstić information content (AvgIpc) is 3.30. The second kappa shape index (κ2) is 8.92. The molecule has 0 aliphatic carbocycles. The third-order valence-corrected chi connectivity index (χ3v) is 4.45. The van der Waals surface area contributed by atoms with Gasteiger partial charge >= 0.3 is 0 Å². The van der Waals surface area contributed by atoms with Crippen LogP contribution >= 0.6 is 12.4 Å². The highest BCUT2D eigenvalue weighted by atomic mass is 35.5. The molecule has 0 unspecified atom stereocenters. The van der Waals surface area contributed by atoms with Crippen molar-refractivity contribution in [1.29, 1.82) is 0 Å². The number of aryl methyl sites for hydroxylation is 1. The maximum atomic E-state index is 13.3. The molecule has 0 saturated carbocycles. The number of hydrogen-bond donors (Lipinski definition) is 3. The molecular weight excluding hydrogens is 375 g/mol. The third-order valence-electron chi connectivity index (χ3n) is 4.45. The summed E-state index contributed by atoms with van der Waals surface area (Å²) in [7, 11) is 1.61. The molecule has 2 aromatic rings. The Labute approximate surface area is 162 Å². The molecule has 2 atom stereocenters. The Morgan fingerprint density at radius 3 is 2.89 bits per heavy atom. The molecule has 3 N–H and O–H groups in total. The third kappa shape index (κ3) is 4.81. The molecule has 27 heavy (non-hydrogen) atoms. The summed E-state index contributed by atoms with van der Waals surface area (Å²) in [5.41, 5.74) is 1.42. The van der Waals surface area contributed by atoms with Crippen LogP contribution in [0.5, 0.6) is 0 Å². The molecule has 146 valence electrons. The van der Waals surface area contributed by atoms with Gasteiger partial charge in [-0.3, -0.25) is 9.59 Å². The van der Waals surface area contributed by atoms with Crippen LogP contribution in [-0.4, -0.2) is 46.4 Å². The number of rotatable bonds is 5. The summed E-state index contributed by atoms with van der Waals surface area (Å²) in [4.78, 5) is 23.8. The summed E-state index contributed by atoms with van der Waals surface area (Å²) < 4.78 is 15.0. The number of benzene rings is 1. The lowest BCUT2D eigenvalue weighted by molar-refractivity contribution is -0.122. The molecule has 1 fully saturated rings. The zero-order valence-corrected chi connectivity index (χ0v) is 15.8. The quantitative estimate of drug-likeness (QED) is 0.691. The summed E-state index contributed by atoms with van der Waals surface area (Å²) in [6, 6.07) is 4.02. The monoisotopic (exact) mass is 396 g/mol. The van der Waals surface area contributed by atoms with E-state index in [0.29, 0.717) is 29.8 Å². The van der Waals surface area contributed by atoms with E-state index in [4.69, 9.17) is 0 Å². The molecule has 10 heteroatoms. The van der Waals surface area contributed by atoms with E-state index in [9.17, 15) is 14.0 Å². The molecule has 1 saturated heterocycles. The van der Waals surface area contributed by atoms with Gasteiger partial charge in [0.2, 0.25) is 5.91 Å². The second-order valence-electron chi connectivity index (χ2n) is 6.30. The van der Waals surface area contributed by atoms with Crippen LogP contribution in [0.3, 0.4) is 0 Å². The van der Waals surface area contributed by atoms with E-state index in [0.717, 1.165) is 0 Å². The summed E-state index contributed by atoms with van der Waals surface area (Å²) >= 11 is 0. The Balaban J connectivity index is 0.00000261. The molecule has 2 heterocycles. The van der Waals surface area contributed by atoms with Gasteiger partial charge in [0.15, 0.2) is 0 Å². The minimum absolute atomic E-state index is 0. The number of aromatic nitrogens is 3. The predicted molar refractivity (Wildman–Crippen MR) is 99.1 cm³/mol. The first-order valence-corrected chi connectivity index (χ1v) is 8.38. The molecule has 8 nitrogen and oxygen atoms in total. The highest BCUT2D eigenvalue weighted by Crippen LogP contribution is 2.19. The SMILES string of the molecule is CNC(=O)[C@@H]1C[C@H](n2cc(CNC(=O)c3ccc(F)c(C)c3)nn2)CN1.Cl. The average molecular weight is 397 g/mol. The molecule has 1 aliphatic heterocycles. The van der Waals surface area contributed by atoms with E-state index in [-0.39, 0.29) is 48.7 Å². The number of nitrogens with one attached hydrogen (secondary N) is 3. The number of likely N-dealkylation sites (N-methyl/N-ethyl adjacent to an activating group) is 1. The van der Waals surface area contributed by atoms with Crippen molar-refractivity contribution in [2.75, 3.05) is 13.6 Å². The predicted octanol–water partition coefficient (Wildman–Crippen LogP) is 0.726. The Morgan fingerprint density at radius 2 is 2.19 bits per heavy atom. The zero-order valence-electron chi connectivity index (χ0n) is 15.0. The number of carbonyl (C=O) groups is 2. The maximum Gasteiger partial charge on any atom is 0.251 e. The summed E-state index contributed by atoms with van der Waals surface area (Å²) in [5.74, 6) is -0.690. The summed E-state index contributed by atoms with van der Waals surface area (Å²) in [5, 5.41) is 16.7. The van der Waals surface area contributed by atoms with Crippen molar-refractivity contribution in [3.8, 4) is 0 Å². The Hall–Kier alpha value is -2.52. The van der Waals surface area contributed by atoms with Crippen LogP contribution in [0.25, 0.3) is 0 Å². The topological polar surface area (TPSA) is 101 Å². The van der Waals surface area contributed by atoms with Crippen molar-refractivity contribution in [3.63, 3.8) is 0 Å². The van der Waals surface area contributed by atoms with Crippen molar-refractivity contribution in [3.05, 3.63) is 47.0 Å². The van der Waals surface area contributed by atoms with E-state index in [2.05, 4.69) is 26.3 Å². The van der Waals surface area contributed by atoms with E-state index in [1.807, 2.05) is 0 Å². The van der Waals surface area contributed by atoms with E-state index < -0.39 is 0 Å². The van der Waals surface area contributed by atoms with Crippen LogP contribution < -0.4 is 16.0 Å². The fourth-order valence-corrected chi connectivity index (χ4v) is 2.92. The first-order valence-electron chi connectivity index (χ1n) is 8.38. The molecule has 3 rings (SSSR count). The van der Waals surface area contributed by atoms with Gasteiger partial charge in [-0.05, 0) is 37.1 Å². The van der Waals surface area contributed by atoms with Crippen LogP contribution in [0.2, 0.25) is 0 Å². The fourth-order valence-electron chi connectivity index (χ4n) is 2.92. The van der Waals surface area contributed by atoms with E-state index in [1.54, 1.807) is 24.9 Å². The van der Waals surface area contributed by atoms with Crippen LogP contribution in [0, 0.1) is 12.7 Å². The minimum Gasteiger partial charge on any atom is -0.358 e. The Bertz CT molecular complexity index is 828. The van der Waals surface area contributed by atoms with Gasteiger partial charge in [0.05, 0.1) is 24.8 Å². The summed E-state index contributed by atoms with van der Waals surface area (Å²) in [6.07, 6.45) is 2.39. The maximum absolute atomic E-state index is 13.3. The largest absolute Gasteiger partial charge is 0.358 e. The molecular formula is C17H22ClFN6O2. The van der Waals surface area contributed by atoms with Crippen molar-refractivity contribution >= 4 is 24.2 Å². The van der Waals surface area contributed by atoms with E-state index in [1.165, 1.54) is 18.2 Å². The number of carbonyl (C=O) groups excluding carboxylic acids is 2. The number of amides is 2. The molecule has 1 aliphatic rings. The lowest BCUT2D eigenvalue weighted by Gasteiger charge is -2.09. The normalized spacial score (nSPS) is 18.6. The van der Waals surface area contributed by atoms with Gasteiger partial charge < -0.3 is 16.0 Å². The summed E-state index contributed by atoms with van der Waals surface area (Å²) in [6.45, 7) is 2.45. The van der Waals surface area contributed by atoms with Crippen molar-refractivity contribution in [2.45, 2.75) is 32.0 Å². The highest BCUT2D eigenvalue weighted by molar-refractivity contribution is 5.94. The second-order valence-corrected chi connectivity index (χ2v) is 6.30. The molecule has 0 radical (unpaired) electrons. The van der Waals surface area contributed by atoms with Gasteiger partial charge in [-0.2, -0.15) is 0 Å². The fraction of sp³-hybridized carbons (Fsp3) is 0.412. The number of nitrogens with zero attached hydrogens (tertiary/aromatic N) is 3. The van der Waals surface area contributed by atoms with Crippen molar-refractivity contribution in [2.24, 2.45) is 0 Å². The van der Waals surface area contributed by atoms with Crippen LogP contribution in [0.4, 0.5) is 4.39 Å². The van der Waals surface area contributed by atoms with Gasteiger partial charge in [-0.1, -0.05) is 5.21 Å². The van der Waals surface area contributed by atoms with Crippen LogP contribution in [0.1, 0.15) is 34.1 Å². The molecule has 0 bridgehead atoms. The van der Waals surface area contributed by atoms with E-state index >= 15 is 0 Å². The van der Waals surface area contributed by atoms with Gasteiger partial charge in [0.1, 0.15) is 11.5 Å². The number of hydrogen-bond acceptors (Lipinski definition) is 5. The first-order chi connectivity index (χ1) is 12.5. The van der Waals surface area contributed by atoms with Gasteiger partial charge in [0.25, 0.3) is 5.91 Å². The number of halogens is 2. The zero-order chi connectivity index (χ0) is 18.7. The Kier molecular flexibility index (Phi) is 6.86.